The SMILES string of the molecule is Cc1nc(-c2cccs2)sc1C(=O)N1CC(CC(=O)O)C1. The average molecular weight is 322 g/mol. The molecule has 0 atom stereocenters. The Bertz CT molecular complexity index is 672. The van der Waals surface area contributed by atoms with E-state index in [0.29, 0.717) is 18.0 Å². The molecule has 1 aliphatic rings. The number of rotatable bonds is 4. The maximum Gasteiger partial charge on any atom is 0.303 e. The van der Waals surface area contributed by atoms with Crippen molar-refractivity contribution in [2.24, 2.45) is 5.92 Å². The fourth-order valence-electron chi connectivity index (χ4n) is 2.36. The predicted molar refractivity (Wildman–Crippen MR) is 81.8 cm³/mol. The van der Waals surface area contributed by atoms with E-state index >= 15 is 0 Å². The summed E-state index contributed by atoms with van der Waals surface area (Å²) in [5.74, 6) is -0.757. The molecule has 3 rings (SSSR count). The van der Waals surface area contributed by atoms with Gasteiger partial charge in [-0.25, -0.2) is 4.98 Å². The Hall–Kier alpha value is -1.73. The van der Waals surface area contributed by atoms with E-state index in [2.05, 4.69) is 4.98 Å². The van der Waals surface area contributed by atoms with Gasteiger partial charge in [0, 0.05) is 19.0 Å². The van der Waals surface area contributed by atoms with E-state index in [4.69, 9.17) is 5.11 Å². The van der Waals surface area contributed by atoms with Gasteiger partial charge in [0.1, 0.15) is 9.88 Å². The summed E-state index contributed by atoms with van der Waals surface area (Å²) in [6.45, 7) is 2.89. The Kier molecular flexibility index (Phi) is 3.77. The standard InChI is InChI=1S/C14H14N2O3S2/c1-8-12(21-13(15-8)10-3-2-4-20-10)14(19)16-6-9(7-16)5-11(17)18/h2-4,9H,5-7H2,1H3,(H,17,18). The van der Waals surface area contributed by atoms with Crippen molar-refractivity contribution in [1.29, 1.82) is 0 Å². The van der Waals surface area contributed by atoms with Crippen LogP contribution in [-0.2, 0) is 4.79 Å². The van der Waals surface area contributed by atoms with Crippen molar-refractivity contribution in [1.82, 2.24) is 9.88 Å². The minimum absolute atomic E-state index is 0.0329. The highest BCUT2D eigenvalue weighted by Crippen LogP contribution is 2.33. The van der Waals surface area contributed by atoms with E-state index in [0.717, 1.165) is 15.6 Å². The lowest BCUT2D eigenvalue weighted by Crippen LogP contribution is -2.50. The van der Waals surface area contributed by atoms with Gasteiger partial charge in [0.25, 0.3) is 5.91 Å². The quantitative estimate of drug-likeness (QED) is 0.939. The molecule has 1 saturated heterocycles. The van der Waals surface area contributed by atoms with Gasteiger partial charge < -0.3 is 10.0 Å². The van der Waals surface area contributed by atoms with Gasteiger partial charge in [0.05, 0.1) is 17.0 Å². The molecule has 2 aromatic rings. The van der Waals surface area contributed by atoms with Gasteiger partial charge in [-0.05, 0) is 18.4 Å². The van der Waals surface area contributed by atoms with Gasteiger partial charge in [0.15, 0.2) is 0 Å². The molecule has 21 heavy (non-hydrogen) atoms. The number of carbonyl (C=O) groups is 2. The van der Waals surface area contributed by atoms with Crippen LogP contribution in [-0.4, -0.2) is 40.0 Å². The molecule has 0 bridgehead atoms. The first-order valence-corrected chi connectivity index (χ1v) is 8.26. The number of aromatic nitrogens is 1. The average Bonchev–Trinajstić information content (AvgIpc) is 3.00. The number of carboxylic acids is 1. The first-order chi connectivity index (χ1) is 10.0. The fraction of sp³-hybridized carbons (Fsp3) is 0.357. The lowest BCUT2D eigenvalue weighted by atomic mass is 9.96. The van der Waals surface area contributed by atoms with Crippen LogP contribution in [0.3, 0.4) is 0 Å². The smallest absolute Gasteiger partial charge is 0.303 e. The Balaban J connectivity index is 1.70. The number of thiophene rings is 1. The van der Waals surface area contributed by atoms with Crippen LogP contribution in [0.5, 0.6) is 0 Å². The van der Waals surface area contributed by atoms with Crippen LogP contribution >= 0.6 is 22.7 Å². The van der Waals surface area contributed by atoms with Crippen LogP contribution in [0.1, 0.15) is 21.8 Å². The molecular weight excluding hydrogens is 308 g/mol. The number of nitrogens with zero attached hydrogens (tertiary/aromatic N) is 2. The van der Waals surface area contributed by atoms with E-state index in [-0.39, 0.29) is 18.2 Å². The van der Waals surface area contributed by atoms with Crippen molar-refractivity contribution in [3.8, 4) is 9.88 Å². The number of aliphatic carboxylic acids is 1. The summed E-state index contributed by atoms with van der Waals surface area (Å²) >= 11 is 3.01. The summed E-state index contributed by atoms with van der Waals surface area (Å²) in [5, 5.41) is 11.6. The molecule has 3 heterocycles. The van der Waals surface area contributed by atoms with Crippen LogP contribution in [0.2, 0.25) is 0 Å². The zero-order chi connectivity index (χ0) is 15.0. The molecule has 0 aromatic carbocycles. The van der Waals surface area contributed by atoms with Gasteiger partial charge in [-0.1, -0.05) is 6.07 Å². The number of aryl methyl sites for hydroxylation is 1. The third-order valence-electron chi connectivity index (χ3n) is 3.43. The minimum Gasteiger partial charge on any atom is -0.481 e. The van der Waals surface area contributed by atoms with Crippen LogP contribution in [0.4, 0.5) is 0 Å². The van der Waals surface area contributed by atoms with Crippen molar-refractivity contribution in [3.05, 3.63) is 28.1 Å². The van der Waals surface area contributed by atoms with E-state index in [1.54, 1.807) is 16.2 Å². The van der Waals surface area contributed by atoms with Gasteiger partial charge in [0.2, 0.25) is 0 Å². The molecule has 1 amide bonds. The number of carboxylic acid groups (broad SMARTS) is 1. The Morgan fingerprint density at radius 3 is 2.86 bits per heavy atom. The summed E-state index contributed by atoms with van der Waals surface area (Å²) in [6.07, 6.45) is 0.131. The van der Waals surface area contributed by atoms with E-state index < -0.39 is 5.97 Å². The van der Waals surface area contributed by atoms with Crippen LogP contribution in [0.15, 0.2) is 17.5 Å². The molecule has 7 heteroatoms. The molecule has 2 aromatic heterocycles. The maximum absolute atomic E-state index is 12.4. The van der Waals surface area contributed by atoms with Gasteiger partial charge in [-0.15, -0.1) is 22.7 Å². The minimum atomic E-state index is -0.805. The molecule has 110 valence electrons. The second kappa shape index (κ2) is 5.57. The molecule has 0 spiro atoms. The van der Waals surface area contributed by atoms with Gasteiger partial charge in [-0.2, -0.15) is 0 Å². The lowest BCUT2D eigenvalue weighted by molar-refractivity contribution is -0.139. The first-order valence-electron chi connectivity index (χ1n) is 6.57. The van der Waals surface area contributed by atoms with E-state index in [1.165, 1.54) is 11.3 Å². The zero-order valence-corrected chi connectivity index (χ0v) is 13.0. The summed E-state index contributed by atoms with van der Waals surface area (Å²) in [4.78, 5) is 30.9. The zero-order valence-electron chi connectivity index (χ0n) is 11.4. The molecular formula is C14H14N2O3S2. The Labute approximate surface area is 129 Å². The molecule has 1 N–H and O–H groups in total. The highest BCUT2D eigenvalue weighted by molar-refractivity contribution is 7.22. The largest absolute Gasteiger partial charge is 0.481 e. The summed E-state index contributed by atoms with van der Waals surface area (Å²) < 4.78 is 0. The topological polar surface area (TPSA) is 70.5 Å². The summed E-state index contributed by atoms with van der Waals surface area (Å²) in [6, 6.07) is 3.95. The Morgan fingerprint density at radius 2 is 2.24 bits per heavy atom. The van der Waals surface area contributed by atoms with Crippen molar-refractivity contribution >= 4 is 34.6 Å². The van der Waals surface area contributed by atoms with E-state index in [9.17, 15) is 9.59 Å². The molecule has 0 radical (unpaired) electrons. The van der Waals surface area contributed by atoms with Gasteiger partial charge in [-0.3, -0.25) is 9.59 Å². The first kappa shape index (κ1) is 14.2. The number of hydrogen-bond donors (Lipinski definition) is 1. The van der Waals surface area contributed by atoms with Crippen molar-refractivity contribution < 1.29 is 14.7 Å². The third-order valence-corrected chi connectivity index (χ3v) is 5.61. The monoisotopic (exact) mass is 322 g/mol. The number of amides is 1. The number of thiazole rings is 1. The second-order valence-corrected chi connectivity index (χ2v) is 7.03. The molecule has 1 aliphatic heterocycles. The molecule has 0 aliphatic carbocycles. The Morgan fingerprint density at radius 1 is 1.48 bits per heavy atom. The highest BCUT2D eigenvalue weighted by atomic mass is 32.1. The van der Waals surface area contributed by atoms with Crippen molar-refractivity contribution in [2.75, 3.05) is 13.1 Å². The van der Waals surface area contributed by atoms with Crippen LogP contribution < -0.4 is 0 Å². The van der Waals surface area contributed by atoms with Gasteiger partial charge >= 0.3 is 5.97 Å². The third kappa shape index (κ3) is 2.84. The number of carbonyl (C=O) groups excluding carboxylic acids is 1. The molecule has 5 nitrogen and oxygen atoms in total. The molecule has 0 saturated carbocycles. The molecule has 0 unspecified atom stereocenters. The number of likely N-dealkylation sites (tertiary alicyclic amines) is 1. The normalized spacial score (nSPS) is 15.0. The maximum atomic E-state index is 12.4. The fourth-order valence-corrected chi connectivity index (χ4v) is 4.19. The predicted octanol–water partition coefficient (Wildman–Crippen LogP) is 2.73. The number of hydrogen-bond acceptors (Lipinski definition) is 5. The molecule has 1 fully saturated rings. The summed E-state index contributed by atoms with van der Waals surface area (Å²) in [5.41, 5.74) is 0.745. The second-order valence-electron chi connectivity index (χ2n) is 5.08. The summed E-state index contributed by atoms with van der Waals surface area (Å²) in [7, 11) is 0. The van der Waals surface area contributed by atoms with Crippen molar-refractivity contribution in [3.63, 3.8) is 0 Å². The van der Waals surface area contributed by atoms with Crippen molar-refractivity contribution in [2.45, 2.75) is 13.3 Å². The van der Waals surface area contributed by atoms with Crippen LogP contribution in [0, 0.1) is 12.8 Å². The van der Waals surface area contributed by atoms with Crippen LogP contribution in [0.25, 0.3) is 9.88 Å². The van der Waals surface area contributed by atoms with E-state index in [1.807, 2.05) is 24.4 Å². The highest BCUT2D eigenvalue weighted by Gasteiger charge is 2.34. The lowest BCUT2D eigenvalue weighted by Gasteiger charge is -2.38.